The van der Waals surface area contributed by atoms with Crippen molar-refractivity contribution in [2.45, 2.75) is 19.1 Å². The Labute approximate surface area is 137 Å². The molecule has 0 fully saturated rings. The van der Waals surface area contributed by atoms with E-state index in [9.17, 15) is 19.1 Å². The monoisotopic (exact) mass is 332 g/mol. The van der Waals surface area contributed by atoms with Crippen LogP contribution in [0.2, 0.25) is 0 Å². The summed E-state index contributed by atoms with van der Waals surface area (Å²) in [5.74, 6) is -1.87. The predicted octanol–water partition coefficient (Wildman–Crippen LogP) is 1.48. The van der Waals surface area contributed by atoms with Gasteiger partial charge in [-0.2, -0.15) is 0 Å². The summed E-state index contributed by atoms with van der Waals surface area (Å²) in [6.07, 6.45) is -1.19. The number of hydroxylamine groups is 1. The zero-order valence-corrected chi connectivity index (χ0v) is 12.9. The van der Waals surface area contributed by atoms with Gasteiger partial charge in [0.25, 0.3) is 11.8 Å². The van der Waals surface area contributed by atoms with E-state index in [1.54, 1.807) is 24.3 Å². The Balaban J connectivity index is 2.15. The third-order valence-corrected chi connectivity index (χ3v) is 3.47. The van der Waals surface area contributed by atoms with Gasteiger partial charge in [0.15, 0.2) is 0 Å². The summed E-state index contributed by atoms with van der Waals surface area (Å²) in [4.78, 5) is 23.6. The fraction of sp³-hybridized carbons (Fsp3) is 0.176. The first kappa shape index (κ1) is 17.6. The molecule has 0 spiro atoms. The minimum absolute atomic E-state index is 0.256. The van der Waals surface area contributed by atoms with Gasteiger partial charge >= 0.3 is 0 Å². The van der Waals surface area contributed by atoms with Crippen LogP contribution < -0.4 is 10.8 Å². The average Bonchev–Trinajstić information content (AvgIpc) is 2.58. The first-order valence-corrected chi connectivity index (χ1v) is 7.21. The fourth-order valence-corrected chi connectivity index (χ4v) is 2.18. The molecule has 2 rings (SSSR count). The Hall–Kier alpha value is -2.77. The number of carbonyl (C=O) groups excluding carboxylic acids is 2. The topological polar surface area (TPSA) is 98.7 Å². The molecular weight excluding hydrogens is 315 g/mol. The highest BCUT2D eigenvalue weighted by atomic mass is 19.1. The van der Waals surface area contributed by atoms with E-state index in [4.69, 9.17) is 5.21 Å². The van der Waals surface area contributed by atoms with Crippen molar-refractivity contribution in [1.29, 1.82) is 0 Å². The van der Waals surface area contributed by atoms with E-state index < -0.39 is 24.0 Å². The number of aliphatic hydroxyl groups is 1. The molecule has 2 atom stereocenters. The highest BCUT2D eigenvalue weighted by molar-refractivity contribution is 5.97. The van der Waals surface area contributed by atoms with Crippen molar-refractivity contribution in [1.82, 2.24) is 10.8 Å². The number of hydrogen-bond donors (Lipinski definition) is 4. The van der Waals surface area contributed by atoms with E-state index in [0.717, 1.165) is 5.56 Å². The van der Waals surface area contributed by atoms with E-state index in [2.05, 4.69) is 5.32 Å². The van der Waals surface area contributed by atoms with Crippen LogP contribution in [0.1, 0.15) is 17.3 Å². The van der Waals surface area contributed by atoms with Gasteiger partial charge in [-0.15, -0.1) is 0 Å². The molecule has 2 aromatic rings. The summed E-state index contributed by atoms with van der Waals surface area (Å²) in [5, 5.41) is 20.5. The van der Waals surface area contributed by atoms with Crippen molar-refractivity contribution in [3.05, 3.63) is 59.9 Å². The highest BCUT2D eigenvalue weighted by Gasteiger charge is 2.25. The zero-order chi connectivity index (χ0) is 17.7. The molecule has 24 heavy (non-hydrogen) atoms. The van der Waals surface area contributed by atoms with Gasteiger partial charge in [0.05, 0.1) is 6.10 Å². The second-order valence-electron chi connectivity index (χ2n) is 5.26. The largest absolute Gasteiger partial charge is 0.391 e. The number of benzene rings is 2. The molecule has 0 radical (unpaired) electrons. The van der Waals surface area contributed by atoms with Crippen LogP contribution in [-0.4, -0.2) is 34.3 Å². The van der Waals surface area contributed by atoms with Crippen molar-refractivity contribution in [3.8, 4) is 11.1 Å². The molecule has 0 aliphatic rings. The standard InChI is InChI=1S/C17H17FN2O4/c1-10(21)15(17(23)20-24)19-16(22)12-7-5-11(6-8-12)13-3-2-4-14(18)9-13/h2-10,15,21,24H,1H3,(H,19,22)(H,20,23)/t10-,15+/m1/s1. The SMILES string of the molecule is C[C@@H](O)[C@H](NC(=O)c1ccc(-c2cccc(F)c2)cc1)C(=O)NO. The second-order valence-corrected chi connectivity index (χ2v) is 5.26. The van der Waals surface area contributed by atoms with Gasteiger partial charge in [-0.3, -0.25) is 14.8 Å². The molecule has 0 saturated heterocycles. The van der Waals surface area contributed by atoms with Crippen LogP contribution in [-0.2, 0) is 4.79 Å². The van der Waals surface area contributed by atoms with Crippen molar-refractivity contribution in [2.75, 3.05) is 0 Å². The summed E-state index contributed by atoms with van der Waals surface area (Å²) < 4.78 is 13.2. The summed E-state index contributed by atoms with van der Waals surface area (Å²) in [7, 11) is 0. The Morgan fingerprint density at radius 1 is 1.08 bits per heavy atom. The van der Waals surface area contributed by atoms with Gasteiger partial charge in [-0.05, 0) is 42.3 Å². The van der Waals surface area contributed by atoms with Crippen LogP contribution in [0.5, 0.6) is 0 Å². The minimum Gasteiger partial charge on any atom is -0.391 e. The summed E-state index contributed by atoms with van der Waals surface area (Å²) in [5.41, 5.74) is 3.04. The molecule has 0 saturated carbocycles. The quantitative estimate of drug-likeness (QED) is 0.492. The summed E-state index contributed by atoms with van der Waals surface area (Å²) >= 11 is 0. The Kier molecular flexibility index (Phi) is 5.62. The van der Waals surface area contributed by atoms with Crippen molar-refractivity contribution in [2.24, 2.45) is 0 Å². The minimum atomic E-state index is -1.29. The van der Waals surface area contributed by atoms with E-state index >= 15 is 0 Å². The van der Waals surface area contributed by atoms with Gasteiger partial charge in [0.2, 0.25) is 0 Å². The maximum absolute atomic E-state index is 13.2. The number of carbonyl (C=O) groups is 2. The summed E-state index contributed by atoms with van der Waals surface area (Å²) in [6.45, 7) is 1.31. The molecule has 6 nitrogen and oxygen atoms in total. The number of hydrogen-bond acceptors (Lipinski definition) is 4. The number of rotatable bonds is 5. The van der Waals surface area contributed by atoms with Crippen LogP contribution in [0.4, 0.5) is 4.39 Å². The Bertz CT molecular complexity index is 732. The molecule has 0 unspecified atom stereocenters. The molecule has 126 valence electrons. The lowest BCUT2D eigenvalue weighted by Crippen LogP contribution is -2.51. The third-order valence-electron chi connectivity index (χ3n) is 3.47. The Morgan fingerprint density at radius 2 is 1.75 bits per heavy atom. The van der Waals surface area contributed by atoms with Crippen molar-refractivity contribution >= 4 is 11.8 Å². The highest BCUT2D eigenvalue weighted by Crippen LogP contribution is 2.20. The van der Waals surface area contributed by atoms with Crippen LogP contribution in [0, 0.1) is 5.82 Å². The lowest BCUT2D eigenvalue weighted by Gasteiger charge is -2.19. The molecule has 2 aromatic carbocycles. The molecule has 0 aliphatic carbocycles. The molecule has 0 aromatic heterocycles. The van der Waals surface area contributed by atoms with Gasteiger partial charge in [-0.1, -0.05) is 24.3 Å². The molecule has 2 amide bonds. The number of halogens is 1. The molecule has 7 heteroatoms. The maximum atomic E-state index is 13.2. The van der Waals surface area contributed by atoms with Crippen LogP contribution in [0.15, 0.2) is 48.5 Å². The van der Waals surface area contributed by atoms with E-state index in [0.29, 0.717) is 5.56 Å². The van der Waals surface area contributed by atoms with Gasteiger partial charge in [-0.25, -0.2) is 9.87 Å². The molecule has 0 aliphatic heterocycles. The number of aliphatic hydroxyl groups excluding tert-OH is 1. The van der Waals surface area contributed by atoms with Crippen LogP contribution in [0.3, 0.4) is 0 Å². The lowest BCUT2D eigenvalue weighted by atomic mass is 10.0. The second kappa shape index (κ2) is 7.67. The van der Waals surface area contributed by atoms with E-state index in [1.165, 1.54) is 36.7 Å². The predicted molar refractivity (Wildman–Crippen MR) is 84.7 cm³/mol. The van der Waals surface area contributed by atoms with Gasteiger partial charge < -0.3 is 10.4 Å². The van der Waals surface area contributed by atoms with E-state index in [1.807, 2.05) is 0 Å². The normalized spacial score (nSPS) is 13.0. The fourth-order valence-electron chi connectivity index (χ4n) is 2.18. The van der Waals surface area contributed by atoms with Crippen LogP contribution in [0.25, 0.3) is 11.1 Å². The molecular formula is C17H17FN2O4. The van der Waals surface area contributed by atoms with E-state index in [-0.39, 0.29) is 11.4 Å². The third kappa shape index (κ3) is 4.15. The molecule has 4 N–H and O–H groups in total. The van der Waals surface area contributed by atoms with Gasteiger partial charge in [0.1, 0.15) is 11.9 Å². The smallest absolute Gasteiger partial charge is 0.268 e. The van der Waals surface area contributed by atoms with Gasteiger partial charge in [0, 0.05) is 5.56 Å². The van der Waals surface area contributed by atoms with Crippen molar-refractivity contribution in [3.63, 3.8) is 0 Å². The first-order chi connectivity index (χ1) is 11.4. The van der Waals surface area contributed by atoms with Crippen LogP contribution >= 0.6 is 0 Å². The first-order valence-electron chi connectivity index (χ1n) is 7.21. The van der Waals surface area contributed by atoms with Crippen molar-refractivity contribution < 1.29 is 24.3 Å². The number of amides is 2. The Morgan fingerprint density at radius 3 is 2.29 bits per heavy atom. The molecule has 0 heterocycles. The average molecular weight is 332 g/mol. The molecule has 0 bridgehead atoms. The zero-order valence-electron chi connectivity index (χ0n) is 12.9. The summed E-state index contributed by atoms with van der Waals surface area (Å²) in [6, 6.07) is 11.1. The number of nitrogens with one attached hydrogen (secondary N) is 2. The lowest BCUT2D eigenvalue weighted by molar-refractivity contribution is -0.133. The maximum Gasteiger partial charge on any atom is 0.268 e.